The van der Waals surface area contributed by atoms with Crippen molar-refractivity contribution >= 4 is 19.5 Å². The molecule has 42 heavy (non-hydrogen) atoms. The Hall–Kier alpha value is -0.950. The second-order valence-electron chi connectivity index (χ2n) is 11.7. The molecule has 8 nitrogen and oxygen atoms in total. The summed E-state index contributed by atoms with van der Waals surface area (Å²) in [5, 5.41) is 8.96. The van der Waals surface area contributed by atoms with Crippen LogP contribution in [0.2, 0.25) is 0 Å². The lowest BCUT2D eigenvalue weighted by molar-refractivity contribution is -0.161. The number of hydrogen-bond donors (Lipinski definition) is 2. The molecule has 0 saturated heterocycles. The van der Waals surface area contributed by atoms with Crippen LogP contribution in [0, 0.1) is 0 Å². The van der Waals surface area contributed by atoms with Gasteiger partial charge in [0, 0.05) is 12.8 Å². The van der Waals surface area contributed by atoms with Crippen LogP contribution in [0.3, 0.4) is 0 Å². The molecule has 0 saturated carbocycles. The number of esters is 2. The number of rotatable bonds is 32. The van der Waals surface area contributed by atoms with Crippen molar-refractivity contribution in [2.24, 2.45) is 0 Å². The smallest absolute Gasteiger partial charge is 0.330 e. The minimum atomic E-state index is -4.01. The third-order valence-corrected chi connectivity index (χ3v) is 8.86. The van der Waals surface area contributed by atoms with Gasteiger partial charge < -0.3 is 24.0 Å². The van der Waals surface area contributed by atoms with Crippen molar-refractivity contribution in [1.29, 1.82) is 0 Å². The minimum absolute atomic E-state index is 0.222. The predicted octanol–water partition coefficient (Wildman–Crippen LogP) is 9.04. The molecule has 0 amide bonds. The van der Waals surface area contributed by atoms with E-state index in [0.29, 0.717) is 12.8 Å². The third-order valence-electron chi connectivity index (χ3n) is 7.54. The minimum Gasteiger partial charge on any atom is -0.462 e. The highest BCUT2D eigenvalue weighted by Crippen LogP contribution is 2.41. The Morgan fingerprint density at radius 1 is 0.595 bits per heavy atom. The fourth-order valence-corrected chi connectivity index (χ4v) is 5.66. The highest BCUT2D eigenvalue weighted by atomic mass is 31.2. The third kappa shape index (κ3) is 29.1. The highest BCUT2D eigenvalue weighted by Gasteiger charge is 2.24. The van der Waals surface area contributed by atoms with E-state index in [4.69, 9.17) is 19.1 Å². The fraction of sp³-hybridized carbons (Fsp3) is 0.939. The number of ether oxygens (including phenoxy) is 2. The first-order valence-corrected chi connectivity index (χ1v) is 19.0. The molecular formula is C33H65O8P. The summed E-state index contributed by atoms with van der Waals surface area (Å²) in [6.07, 6.45) is 25.3. The van der Waals surface area contributed by atoms with Crippen LogP contribution in [0.15, 0.2) is 0 Å². The van der Waals surface area contributed by atoms with Gasteiger partial charge in [-0.15, -0.1) is 0 Å². The summed E-state index contributed by atoms with van der Waals surface area (Å²) in [6.45, 7) is 3.37. The second-order valence-corrected chi connectivity index (χ2v) is 13.7. The van der Waals surface area contributed by atoms with Crippen LogP contribution in [0.5, 0.6) is 0 Å². The SMILES string of the molecule is CCCCCCCCCCCCCC(=O)OC[C@H](COP(=O)(O)CCO)OC(=O)CCCCCCCCCCCCC. The lowest BCUT2D eigenvalue weighted by Gasteiger charge is -2.20. The molecule has 0 aliphatic carbocycles. The van der Waals surface area contributed by atoms with Crippen LogP contribution in [-0.4, -0.2) is 54.0 Å². The summed E-state index contributed by atoms with van der Waals surface area (Å²) in [5.41, 5.74) is 0. The maximum atomic E-state index is 12.4. The first-order chi connectivity index (χ1) is 20.3. The molecule has 0 rings (SSSR count). The first-order valence-electron chi connectivity index (χ1n) is 17.3. The molecule has 2 N–H and O–H groups in total. The van der Waals surface area contributed by atoms with Crippen molar-refractivity contribution in [3.63, 3.8) is 0 Å². The fourth-order valence-electron chi connectivity index (χ4n) is 4.88. The largest absolute Gasteiger partial charge is 0.462 e. The van der Waals surface area contributed by atoms with Crippen LogP contribution in [-0.2, 0) is 28.2 Å². The Kier molecular flexibility index (Phi) is 29.4. The summed E-state index contributed by atoms with van der Waals surface area (Å²) in [4.78, 5) is 34.4. The average Bonchev–Trinajstić information content (AvgIpc) is 2.96. The van der Waals surface area contributed by atoms with E-state index in [2.05, 4.69) is 13.8 Å². The van der Waals surface area contributed by atoms with Crippen LogP contribution in [0.25, 0.3) is 0 Å². The lowest BCUT2D eigenvalue weighted by Crippen LogP contribution is -2.29. The second kappa shape index (κ2) is 30.1. The van der Waals surface area contributed by atoms with Gasteiger partial charge >= 0.3 is 19.5 Å². The molecule has 0 radical (unpaired) electrons. The van der Waals surface area contributed by atoms with Crippen molar-refractivity contribution in [2.45, 2.75) is 174 Å². The summed E-state index contributed by atoms with van der Waals surface area (Å²) >= 11 is 0. The summed E-state index contributed by atoms with van der Waals surface area (Å²) in [5.74, 6) is -0.809. The Labute approximate surface area is 257 Å². The van der Waals surface area contributed by atoms with E-state index in [1.807, 2.05) is 0 Å². The first kappa shape index (κ1) is 41.0. The molecule has 0 aliphatic heterocycles. The number of hydrogen-bond acceptors (Lipinski definition) is 7. The number of aliphatic hydroxyl groups excluding tert-OH is 1. The van der Waals surface area contributed by atoms with Crippen molar-refractivity contribution < 1.29 is 38.2 Å². The lowest BCUT2D eigenvalue weighted by atomic mass is 10.1. The molecule has 0 bridgehead atoms. The molecule has 0 aromatic carbocycles. The van der Waals surface area contributed by atoms with Gasteiger partial charge in [0.1, 0.15) is 6.61 Å². The summed E-state index contributed by atoms with van der Waals surface area (Å²) in [7, 11) is -4.01. The van der Waals surface area contributed by atoms with E-state index in [-0.39, 0.29) is 25.6 Å². The van der Waals surface area contributed by atoms with E-state index in [1.165, 1.54) is 103 Å². The van der Waals surface area contributed by atoms with Gasteiger partial charge in [-0.25, -0.2) is 0 Å². The van der Waals surface area contributed by atoms with Gasteiger partial charge in [-0.05, 0) is 12.8 Å². The van der Waals surface area contributed by atoms with E-state index in [9.17, 15) is 19.0 Å². The molecule has 9 heteroatoms. The average molecular weight is 621 g/mol. The molecule has 0 aromatic heterocycles. The zero-order valence-electron chi connectivity index (χ0n) is 27.2. The number of carbonyl (C=O) groups excluding carboxylic acids is 2. The molecule has 0 aromatic rings. The van der Waals surface area contributed by atoms with Gasteiger partial charge in [0.15, 0.2) is 6.10 Å². The van der Waals surface area contributed by atoms with E-state index >= 15 is 0 Å². The van der Waals surface area contributed by atoms with Gasteiger partial charge in [-0.1, -0.05) is 142 Å². The number of aliphatic hydroxyl groups is 1. The maximum Gasteiger partial charge on any atom is 0.330 e. The zero-order valence-corrected chi connectivity index (χ0v) is 28.1. The molecule has 0 heterocycles. The number of unbranched alkanes of at least 4 members (excludes halogenated alkanes) is 20. The Morgan fingerprint density at radius 2 is 0.976 bits per heavy atom. The van der Waals surface area contributed by atoms with E-state index < -0.39 is 32.4 Å². The monoisotopic (exact) mass is 620 g/mol. The maximum absolute atomic E-state index is 12.4. The van der Waals surface area contributed by atoms with Gasteiger partial charge in [0.05, 0.1) is 19.4 Å². The van der Waals surface area contributed by atoms with Crippen LogP contribution < -0.4 is 0 Å². The van der Waals surface area contributed by atoms with Gasteiger partial charge in [0.2, 0.25) is 0 Å². The Balaban J connectivity index is 4.18. The zero-order chi connectivity index (χ0) is 31.2. The Bertz CT molecular complexity index is 672. The van der Waals surface area contributed by atoms with E-state index in [1.54, 1.807) is 0 Å². The molecule has 1 unspecified atom stereocenters. The van der Waals surface area contributed by atoms with E-state index in [0.717, 1.165) is 32.1 Å². The summed E-state index contributed by atoms with van der Waals surface area (Å²) < 4.78 is 27.8. The standard InChI is InChI=1S/C33H65O8P/c1-3-5-7-9-11-13-15-17-19-21-23-25-32(35)39-29-31(30-40-42(37,38)28-27-34)41-33(36)26-24-22-20-18-16-14-12-10-8-6-4-2/h31,34H,3-30H2,1-2H3,(H,37,38)/t31-/m1/s1. The quantitative estimate of drug-likeness (QED) is 0.0434. The molecular weight excluding hydrogens is 555 g/mol. The van der Waals surface area contributed by atoms with Crippen molar-refractivity contribution in [3.05, 3.63) is 0 Å². The van der Waals surface area contributed by atoms with Gasteiger partial charge in [0.25, 0.3) is 0 Å². The normalized spacial score (nSPS) is 13.5. The Morgan fingerprint density at radius 3 is 1.38 bits per heavy atom. The van der Waals surface area contributed by atoms with Crippen LogP contribution in [0.1, 0.15) is 168 Å². The molecule has 0 aliphatic rings. The van der Waals surface area contributed by atoms with Crippen molar-refractivity contribution in [1.82, 2.24) is 0 Å². The summed E-state index contributed by atoms with van der Waals surface area (Å²) in [6, 6.07) is 0. The molecule has 2 atom stereocenters. The number of carbonyl (C=O) groups is 2. The topological polar surface area (TPSA) is 119 Å². The highest BCUT2D eigenvalue weighted by molar-refractivity contribution is 7.52. The van der Waals surface area contributed by atoms with Gasteiger partial charge in [-0.3, -0.25) is 14.2 Å². The van der Waals surface area contributed by atoms with Crippen LogP contribution >= 0.6 is 7.60 Å². The van der Waals surface area contributed by atoms with Crippen molar-refractivity contribution in [2.75, 3.05) is 26.0 Å². The van der Waals surface area contributed by atoms with Crippen molar-refractivity contribution in [3.8, 4) is 0 Å². The van der Waals surface area contributed by atoms with Gasteiger partial charge in [-0.2, -0.15) is 0 Å². The predicted molar refractivity (Wildman–Crippen MR) is 171 cm³/mol. The molecule has 250 valence electrons. The molecule has 0 spiro atoms. The van der Waals surface area contributed by atoms with Crippen LogP contribution in [0.4, 0.5) is 0 Å². The molecule has 0 fully saturated rings.